The Morgan fingerprint density at radius 2 is 1.89 bits per heavy atom. The second-order valence-electron chi connectivity index (χ2n) is 10.5. The molecule has 0 bridgehead atoms. The molecular weight excluding hydrogens is 448 g/mol. The number of amides is 3. The maximum atomic E-state index is 12.9. The molecule has 2 saturated heterocycles. The predicted octanol–water partition coefficient (Wildman–Crippen LogP) is 2.30. The number of aliphatic hydroxyl groups is 1. The highest BCUT2D eigenvalue weighted by molar-refractivity contribution is 5.89. The van der Waals surface area contributed by atoms with Crippen LogP contribution in [0.1, 0.15) is 56.4 Å². The zero-order valence-corrected chi connectivity index (χ0v) is 20.6. The van der Waals surface area contributed by atoms with Crippen molar-refractivity contribution in [1.29, 1.82) is 0 Å². The van der Waals surface area contributed by atoms with Crippen LogP contribution in [0.5, 0.6) is 5.75 Å². The summed E-state index contributed by atoms with van der Waals surface area (Å²) in [6.45, 7) is 3.07. The maximum absolute atomic E-state index is 12.9. The van der Waals surface area contributed by atoms with Crippen LogP contribution in [0.4, 0.5) is 10.5 Å². The van der Waals surface area contributed by atoms with E-state index in [1.165, 1.54) is 6.42 Å². The number of carbonyl (C=O) groups excluding carboxylic acids is 2. The minimum absolute atomic E-state index is 0.00402. The topological polar surface area (TPSA) is 103 Å². The molecule has 3 heterocycles. The standard InChI is InChI=1S/C26H38N4O5/c1-29-9-11-30(12-10-29)24(32)15-19-14-21-20-13-18(28-26(33)27-17-5-3-2-4-6-17)7-8-22(20)35-25(21)23(16-31)34-19/h7-8,13,17,19,21,23,25,31H,2-6,9-12,14-16H2,1H3,(H2,27,28,33)/t19-,21-,23-,25+/m1/s1. The number of carbonyl (C=O) groups is 2. The number of aliphatic hydroxyl groups excluding tert-OH is 1. The first-order valence-corrected chi connectivity index (χ1v) is 13.1. The van der Waals surface area contributed by atoms with Crippen molar-refractivity contribution < 1.29 is 24.2 Å². The van der Waals surface area contributed by atoms with Crippen LogP contribution in [0.25, 0.3) is 0 Å². The number of hydrogen-bond donors (Lipinski definition) is 3. The second kappa shape index (κ2) is 10.7. The van der Waals surface area contributed by atoms with Crippen LogP contribution < -0.4 is 15.4 Å². The van der Waals surface area contributed by atoms with Gasteiger partial charge in [-0.1, -0.05) is 19.3 Å². The summed E-state index contributed by atoms with van der Waals surface area (Å²) in [5, 5.41) is 16.1. The highest BCUT2D eigenvalue weighted by atomic mass is 16.6. The van der Waals surface area contributed by atoms with Crippen LogP contribution in [0.15, 0.2) is 18.2 Å². The van der Waals surface area contributed by atoms with Gasteiger partial charge in [0, 0.05) is 49.4 Å². The van der Waals surface area contributed by atoms with Gasteiger partial charge < -0.3 is 35.0 Å². The molecule has 1 saturated carbocycles. The molecule has 0 spiro atoms. The number of fused-ring (bicyclic) bond motifs is 3. The van der Waals surface area contributed by atoms with Crippen molar-refractivity contribution in [2.24, 2.45) is 0 Å². The minimum atomic E-state index is -0.488. The van der Waals surface area contributed by atoms with Crippen LogP contribution >= 0.6 is 0 Å². The highest BCUT2D eigenvalue weighted by Gasteiger charge is 2.46. The van der Waals surface area contributed by atoms with Crippen LogP contribution in [-0.4, -0.2) is 91.0 Å². The van der Waals surface area contributed by atoms with E-state index in [0.717, 1.165) is 68.9 Å². The number of anilines is 1. The van der Waals surface area contributed by atoms with Crippen molar-refractivity contribution in [1.82, 2.24) is 15.1 Å². The van der Waals surface area contributed by atoms with Crippen LogP contribution in [-0.2, 0) is 9.53 Å². The summed E-state index contributed by atoms with van der Waals surface area (Å²) in [6.07, 6.45) is 5.53. The smallest absolute Gasteiger partial charge is 0.319 e. The summed E-state index contributed by atoms with van der Waals surface area (Å²) >= 11 is 0. The number of nitrogens with one attached hydrogen (secondary N) is 2. The molecule has 3 N–H and O–H groups in total. The minimum Gasteiger partial charge on any atom is -0.487 e. The number of nitrogens with zero attached hydrogens (tertiary/aromatic N) is 2. The molecule has 1 aromatic rings. The molecular formula is C26H38N4O5. The molecule has 3 amide bonds. The molecule has 4 aliphatic rings. The fourth-order valence-corrected chi connectivity index (χ4v) is 5.95. The number of hydrogen-bond acceptors (Lipinski definition) is 6. The summed E-state index contributed by atoms with van der Waals surface area (Å²) in [5.41, 5.74) is 1.72. The first-order chi connectivity index (χ1) is 17.0. The molecule has 1 aromatic carbocycles. The normalized spacial score (nSPS) is 29.1. The summed E-state index contributed by atoms with van der Waals surface area (Å²) in [6, 6.07) is 5.76. The molecule has 1 aliphatic carbocycles. The molecule has 0 unspecified atom stereocenters. The molecule has 5 rings (SSSR count). The second-order valence-corrected chi connectivity index (χ2v) is 10.5. The van der Waals surface area contributed by atoms with Crippen molar-refractivity contribution >= 4 is 17.6 Å². The third-order valence-corrected chi connectivity index (χ3v) is 7.96. The van der Waals surface area contributed by atoms with E-state index in [-0.39, 0.29) is 42.7 Å². The zero-order valence-electron chi connectivity index (χ0n) is 20.6. The molecule has 3 fully saturated rings. The van der Waals surface area contributed by atoms with Crippen LogP contribution in [0.2, 0.25) is 0 Å². The van der Waals surface area contributed by atoms with E-state index in [1.54, 1.807) is 0 Å². The Labute approximate surface area is 207 Å². The SMILES string of the molecule is CN1CCN(C(=O)C[C@H]2C[C@@H]3c4cc(NC(=O)NC5CCCCC5)ccc4O[C@@H]3[C@@H](CO)O2)CC1. The Kier molecular flexibility index (Phi) is 7.45. The summed E-state index contributed by atoms with van der Waals surface area (Å²) in [5.74, 6) is 0.864. The van der Waals surface area contributed by atoms with E-state index in [0.29, 0.717) is 12.8 Å². The van der Waals surface area contributed by atoms with Crippen molar-refractivity contribution in [2.45, 2.75) is 75.2 Å². The van der Waals surface area contributed by atoms with E-state index in [2.05, 4.69) is 22.6 Å². The molecule has 0 aromatic heterocycles. The zero-order chi connectivity index (χ0) is 24.4. The van der Waals surface area contributed by atoms with Gasteiger partial charge in [-0.25, -0.2) is 4.79 Å². The van der Waals surface area contributed by atoms with Crippen molar-refractivity contribution in [2.75, 3.05) is 45.2 Å². The van der Waals surface area contributed by atoms with Gasteiger partial charge in [0.25, 0.3) is 0 Å². The van der Waals surface area contributed by atoms with Gasteiger partial charge >= 0.3 is 6.03 Å². The fourth-order valence-electron chi connectivity index (χ4n) is 5.95. The average Bonchev–Trinajstić information content (AvgIpc) is 3.22. The molecule has 3 aliphatic heterocycles. The number of piperazine rings is 1. The predicted molar refractivity (Wildman–Crippen MR) is 132 cm³/mol. The van der Waals surface area contributed by atoms with E-state index < -0.39 is 6.10 Å². The third-order valence-electron chi connectivity index (χ3n) is 7.96. The molecule has 192 valence electrons. The summed E-state index contributed by atoms with van der Waals surface area (Å²) in [4.78, 5) is 29.6. The molecule has 9 nitrogen and oxygen atoms in total. The van der Waals surface area contributed by atoms with E-state index >= 15 is 0 Å². The quantitative estimate of drug-likeness (QED) is 0.590. The van der Waals surface area contributed by atoms with Crippen molar-refractivity contribution in [3.8, 4) is 5.75 Å². The Morgan fingerprint density at radius 3 is 2.63 bits per heavy atom. The summed E-state index contributed by atoms with van der Waals surface area (Å²) < 4.78 is 12.3. The highest BCUT2D eigenvalue weighted by Crippen LogP contribution is 2.47. The van der Waals surface area contributed by atoms with E-state index in [4.69, 9.17) is 9.47 Å². The Bertz CT molecular complexity index is 913. The van der Waals surface area contributed by atoms with Crippen LogP contribution in [0, 0.1) is 0 Å². The first kappa shape index (κ1) is 24.3. The monoisotopic (exact) mass is 486 g/mol. The lowest BCUT2D eigenvalue weighted by atomic mass is 9.84. The number of urea groups is 1. The lowest BCUT2D eigenvalue weighted by Gasteiger charge is -2.38. The van der Waals surface area contributed by atoms with Gasteiger partial charge in [-0.15, -0.1) is 0 Å². The third kappa shape index (κ3) is 5.57. The average molecular weight is 487 g/mol. The Morgan fingerprint density at radius 1 is 1.11 bits per heavy atom. The lowest BCUT2D eigenvalue weighted by molar-refractivity contribution is -0.150. The van der Waals surface area contributed by atoms with Crippen LogP contribution in [0.3, 0.4) is 0 Å². The largest absolute Gasteiger partial charge is 0.487 e. The number of rotatable bonds is 5. The van der Waals surface area contributed by atoms with Gasteiger partial charge in [0.05, 0.1) is 19.1 Å². The maximum Gasteiger partial charge on any atom is 0.319 e. The first-order valence-electron chi connectivity index (χ1n) is 13.1. The van der Waals surface area contributed by atoms with Crippen molar-refractivity contribution in [3.05, 3.63) is 23.8 Å². The molecule has 4 atom stereocenters. The Hall–Kier alpha value is -2.36. The van der Waals surface area contributed by atoms with Gasteiger partial charge in [0.1, 0.15) is 18.0 Å². The Balaban J connectivity index is 1.24. The van der Waals surface area contributed by atoms with Gasteiger partial charge in [0.15, 0.2) is 0 Å². The van der Waals surface area contributed by atoms with Crippen molar-refractivity contribution in [3.63, 3.8) is 0 Å². The lowest BCUT2D eigenvalue weighted by Crippen LogP contribution is -2.50. The summed E-state index contributed by atoms with van der Waals surface area (Å²) in [7, 11) is 2.07. The molecule has 35 heavy (non-hydrogen) atoms. The fraction of sp³-hybridized carbons (Fsp3) is 0.692. The molecule has 0 radical (unpaired) electrons. The van der Waals surface area contributed by atoms with Gasteiger partial charge in [-0.2, -0.15) is 0 Å². The van der Waals surface area contributed by atoms with Gasteiger partial charge in [0.2, 0.25) is 5.91 Å². The number of ether oxygens (including phenoxy) is 2. The van der Waals surface area contributed by atoms with E-state index in [9.17, 15) is 14.7 Å². The van der Waals surface area contributed by atoms with E-state index in [1.807, 2.05) is 23.1 Å². The number of likely N-dealkylation sites (N-methyl/N-ethyl adjacent to an activating group) is 1. The molecule has 9 heteroatoms. The van der Waals surface area contributed by atoms with Gasteiger partial charge in [-0.05, 0) is 44.5 Å². The van der Waals surface area contributed by atoms with Gasteiger partial charge in [-0.3, -0.25) is 4.79 Å². The number of benzene rings is 1.